The molecule has 0 atom stereocenters. The lowest BCUT2D eigenvalue weighted by Crippen LogP contribution is -2.27. The minimum atomic E-state index is -3.59. The second kappa shape index (κ2) is 7.59. The van der Waals surface area contributed by atoms with E-state index in [9.17, 15) is 13.2 Å². The summed E-state index contributed by atoms with van der Waals surface area (Å²) in [5.74, 6) is -0.286. The number of anilines is 1. The molecular weight excluding hydrogens is 336 g/mol. The van der Waals surface area contributed by atoms with Gasteiger partial charge in [0.25, 0.3) is 0 Å². The molecule has 122 valence electrons. The Morgan fingerprint density at radius 1 is 1.09 bits per heavy atom. The average molecular weight is 353 g/mol. The third kappa shape index (κ3) is 4.79. The first kappa shape index (κ1) is 17.5. The fourth-order valence-corrected chi connectivity index (χ4v) is 3.16. The number of carbonyl (C=O) groups is 1. The lowest BCUT2D eigenvalue weighted by Gasteiger charge is -2.10. The Morgan fingerprint density at radius 2 is 1.78 bits per heavy atom. The van der Waals surface area contributed by atoms with Crippen LogP contribution in [0.15, 0.2) is 53.4 Å². The monoisotopic (exact) mass is 352 g/mol. The Morgan fingerprint density at radius 3 is 2.48 bits per heavy atom. The van der Waals surface area contributed by atoms with E-state index in [1.54, 1.807) is 43.3 Å². The fraction of sp³-hybridized carbons (Fsp3) is 0.188. The maximum atomic E-state index is 12.0. The first-order valence-corrected chi connectivity index (χ1v) is 8.86. The van der Waals surface area contributed by atoms with Crippen LogP contribution >= 0.6 is 11.6 Å². The van der Waals surface area contributed by atoms with Crippen molar-refractivity contribution in [3.05, 3.63) is 59.1 Å². The van der Waals surface area contributed by atoms with Crippen LogP contribution in [0.4, 0.5) is 5.69 Å². The van der Waals surface area contributed by atoms with Crippen LogP contribution in [0.2, 0.25) is 5.02 Å². The average Bonchev–Trinajstić information content (AvgIpc) is 2.52. The molecule has 0 aliphatic carbocycles. The maximum absolute atomic E-state index is 12.0. The minimum Gasteiger partial charge on any atom is -0.326 e. The number of hydrogen-bond donors (Lipinski definition) is 2. The molecule has 0 fully saturated rings. The predicted molar refractivity (Wildman–Crippen MR) is 91.1 cm³/mol. The first-order valence-electron chi connectivity index (χ1n) is 7.00. The van der Waals surface area contributed by atoms with Gasteiger partial charge >= 0.3 is 0 Å². The van der Waals surface area contributed by atoms with E-state index in [0.717, 1.165) is 5.56 Å². The van der Waals surface area contributed by atoms with Crippen LogP contribution in [0.3, 0.4) is 0 Å². The van der Waals surface area contributed by atoms with Crippen LogP contribution < -0.4 is 10.0 Å². The number of amides is 1. The molecule has 0 radical (unpaired) electrons. The molecule has 0 bridgehead atoms. The van der Waals surface area contributed by atoms with Crippen LogP contribution in [-0.4, -0.2) is 20.9 Å². The number of carbonyl (C=O) groups excluding carboxylic acids is 1. The van der Waals surface area contributed by atoms with Gasteiger partial charge in [-0.1, -0.05) is 35.9 Å². The molecular formula is C16H17ClN2O3S. The summed E-state index contributed by atoms with van der Waals surface area (Å²) in [6.07, 6.45) is 0.0258. The number of nitrogens with one attached hydrogen (secondary N) is 2. The molecule has 1 amide bonds. The Hall–Kier alpha value is -1.89. The molecule has 0 aromatic heterocycles. The molecule has 0 aliphatic heterocycles. The van der Waals surface area contributed by atoms with E-state index in [2.05, 4.69) is 10.0 Å². The minimum absolute atomic E-state index is 0.0165. The highest BCUT2D eigenvalue weighted by atomic mass is 35.5. The fourth-order valence-electron chi connectivity index (χ4n) is 1.94. The van der Waals surface area contributed by atoms with Gasteiger partial charge in [0.1, 0.15) is 0 Å². The third-order valence-corrected chi connectivity index (χ3v) is 5.13. The molecule has 2 aromatic carbocycles. The summed E-state index contributed by atoms with van der Waals surface area (Å²) in [5, 5.41) is 3.28. The van der Waals surface area contributed by atoms with Crippen LogP contribution in [0.1, 0.15) is 12.0 Å². The molecule has 23 heavy (non-hydrogen) atoms. The van der Waals surface area contributed by atoms with Crippen LogP contribution in [0, 0.1) is 6.92 Å². The summed E-state index contributed by atoms with van der Waals surface area (Å²) in [7, 11) is -3.59. The van der Waals surface area contributed by atoms with Gasteiger partial charge < -0.3 is 5.32 Å². The van der Waals surface area contributed by atoms with Gasteiger partial charge in [-0.05, 0) is 36.8 Å². The normalized spacial score (nSPS) is 11.2. The standard InChI is InChI=1S/C16H17ClN2O3S/c1-12-14(17)8-5-9-15(12)19-16(20)10-11-18-23(21,22)13-6-3-2-4-7-13/h2-9,18H,10-11H2,1H3,(H,19,20). The van der Waals surface area contributed by atoms with Gasteiger partial charge in [0.05, 0.1) is 4.90 Å². The highest BCUT2D eigenvalue weighted by Gasteiger charge is 2.13. The van der Waals surface area contributed by atoms with Gasteiger partial charge in [0.2, 0.25) is 15.9 Å². The van der Waals surface area contributed by atoms with E-state index in [4.69, 9.17) is 11.6 Å². The number of halogens is 1. The molecule has 2 rings (SSSR count). The number of benzene rings is 2. The van der Waals surface area contributed by atoms with E-state index in [0.29, 0.717) is 10.7 Å². The van der Waals surface area contributed by atoms with Crippen molar-refractivity contribution in [2.45, 2.75) is 18.2 Å². The zero-order valence-electron chi connectivity index (χ0n) is 12.5. The summed E-state index contributed by atoms with van der Waals surface area (Å²) in [4.78, 5) is 12.1. The molecule has 0 unspecified atom stereocenters. The van der Waals surface area contributed by atoms with Crippen molar-refractivity contribution in [2.24, 2.45) is 0 Å². The molecule has 7 heteroatoms. The largest absolute Gasteiger partial charge is 0.326 e. The maximum Gasteiger partial charge on any atom is 0.240 e. The van der Waals surface area contributed by atoms with Gasteiger partial charge in [0, 0.05) is 23.7 Å². The Bertz CT molecular complexity index is 792. The highest BCUT2D eigenvalue weighted by molar-refractivity contribution is 7.89. The first-order chi connectivity index (χ1) is 10.9. The molecule has 2 N–H and O–H groups in total. The SMILES string of the molecule is Cc1c(Cl)cccc1NC(=O)CCNS(=O)(=O)c1ccccc1. The van der Waals surface area contributed by atoms with Crippen molar-refractivity contribution in [3.63, 3.8) is 0 Å². The molecule has 0 saturated heterocycles. The van der Waals surface area contributed by atoms with Crippen molar-refractivity contribution in [1.29, 1.82) is 0 Å². The zero-order chi connectivity index (χ0) is 16.9. The highest BCUT2D eigenvalue weighted by Crippen LogP contribution is 2.22. The van der Waals surface area contributed by atoms with Gasteiger partial charge in [-0.25, -0.2) is 13.1 Å². The molecule has 5 nitrogen and oxygen atoms in total. The number of sulfonamides is 1. The predicted octanol–water partition coefficient (Wildman–Crippen LogP) is 2.96. The van der Waals surface area contributed by atoms with E-state index < -0.39 is 10.0 Å². The van der Waals surface area contributed by atoms with Crippen molar-refractivity contribution in [3.8, 4) is 0 Å². The molecule has 2 aromatic rings. The quantitative estimate of drug-likeness (QED) is 0.839. The van der Waals surface area contributed by atoms with Crippen molar-refractivity contribution < 1.29 is 13.2 Å². The number of hydrogen-bond acceptors (Lipinski definition) is 3. The Labute approximate surface area is 140 Å². The number of rotatable bonds is 6. The Balaban J connectivity index is 1.89. The summed E-state index contributed by atoms with van der Waals surface area (Å²) >= 11 is 5.99. The zero-order valence-corrected chi connectivity index (χ0v) is 14.1. The van der Waals surface area contributed by atoms with Crippen LogP contribution in [-0.2, 0) is 14.8 Å². The second-order valence-corrected chi connectivity index (χ2v) is 7.10. The Kier molecular flexibility index (Phi) is 5.76. The molecule has 0 saturated carbocycles. The summed E-state index contributed by atoms with van der Waals surface area (Å²) in [6.45, 7) is 1.82. The summed E-state index contributed by atoms with van der Waals surface area (Å²) < 4.78 is 26.4. The van der Waals surface area contributed by atoms with E-state index >= 15 is 0 Å². The van der Waals surface area contributed by atoms with E-state index in [-0.39, 0.29) is 23.8 Å². The smallest absolute Gasteiger partial charge is 0.240 e. The summed E-state index contributed by atoms with van der Waals surface area (Å²) in [5.41, 5.74) is 1.39. The van der Waals surface area contributed by atoms with Crippen LogP contribution in [0.5, 0.6) is 0 Å². The second-order valence-electron chi connectivity index (χ2n) is 4.92. The van der Waals surface area contributed by atoms with Gasteiger partial charge in [-0.3, -0.25) is 4.79 Å². The topological polar surface area (TPSA) is 75.3 Å². The van der Waals surface area contributed by atoms with Crippen molar-refractivity contribution >= 4 is 33.2 Å². The van der Waals surface area contributed by atoms with Gasteiger partial charge in [0.15, 0.2) is 0 Å². The molecule has 0 spiro atoms. The van der Waals surface area contributed by atoms with Crippen LogP contribution in [0.25, 0.3) is 0 Å². The summed E-state index contributed by atoms with van der Waals surface area (Å²) in [6, 6.07) is 13.2. The van der Waals surface area contributed by atoms with E-state index in [1.165, 1.54) is 12.1 Å². The molecule has 0 heterocycles. The van der Waals surface area contributed by atoms with Gasteiger partial charge in [-0.15, -0.1) is 0 Å². The van der Waals surface area contributed by atoms with Crippen molar-refractivity contribution in [1.82, 2.24) is 4.72 Å². The van der Waals surface area contributed by atoms with Crippen molar-refractivity contribution in [2.75, 3.05) is 11.9 Å². The lowest BCUT2D eigenvalue weighted by atomic mass is 10.2. The third-order valence-electron chi connectivity index (χ3n) is 3.24. The van der Waals surface area contributed by atoms with E-state index in [1.807, 2.05) is 0 Å². The molecule has 0 aliphatic rings. The van der Waals surface area contributed by atoms with Gasteiger partial charge in [-0.2, -0.15) is 0 Å². The lowest BCUT2D eigenvalue weighted by molar-refractivity contribution is -0.116.